The van der Waals surface area contributed by atoms with Gasteiger partial charge in [-0.3, -0.25) is 9.59 Å². The van der Waals surface area contributed by atoms with Gasteiger partial charge in [-0.05, 0) is 57.6 Å². The van der Waals surface area contributed by atoms with E-state index in [1.165, 1.54) is 0 Å². The third-order valence-corrected chi connectivity index (χ3v) is 6.63. The number of ether oxygens (including phenoxy) is 1. The van der Waals surface area contributed by atoms with Gasteiger partial charge in [0.1, 0.15) is 6.04 Å². The van der Waals surface area contributed by atoms with Crippen molar-refractivity contribution >= 4 is 11.8 Å². The van der Waals surface area contributed by atoms with Crippen molar-refractivity contribution in [2.24, 2.45) is 5.41 Å². The number of benzene rings is 1. The molecule has 4 rings (SSSR count). The Balaban J connectivity index is 1.69. The third kappa shape index (κ3) is 3.49. The van der Waals surface area contributed by atoms with Crippen LogP contribution in [0.3, 0.4) is 0 Å². The largest absolute Gasteiger partial charge is 0.381 e. The van der Waals surface area contributed by atoms with Gasteiger partial charge in [-0.1, -0.05) is 17.7 Å². The Morgan fingerprint density at radius 1 is 1.04 bits per heavy atom. The molecule has 3 fully saturated rings. The van der Waals surface area contributed by atoms with E-state index in [2.05, 4.69) is 0 Å². The molecule has 5 nitrogen and oxygen atoms in total. The summed E-state index contributed by atoms with van der Waals surface area (Å²) in [4.78, 5) is 30.9. The first kappa shape index (κ1) is 18.5. The van der Waals surface area contributed by atoms with Gasteiger partial charge in [0.25, 0.3) is 5.91 Å². The quantitative estimate of drug-likeness (QED) is 0.804. The van der Waals surface area contributed by atoms with Crippen molar-refractivity contribution < 1.29 is 14.3 Å². The van der Waals surface area contributed by atoms with Crippen molar-refractivity contribution in [3.8, 4) is 0 Å². The third-order valence-electron chi connectivity index (χ3n) is 6.63. The molecule has 5 heteroatoms. The highest BCUT2D eigenvalue weighted by atomic mass is 16.5. The Labute approximate surface area is 161 Å². The average Bonchev–Trinajstić information content (AvgIpc) is 3.22. The van der Waals surface area contributed by atoms with Crippen molar-refractivity contribution in [3.63, 3.8) is 0 Å². The fourth-order valence-corrected chi connectivity index (χ4v) is 5.17. The van der Waals surface area contributed by atoms with Crippen molar-refractivity contribution in [2.75, 3.05) is 32.8 Å². The molecule has 3 aliphatic rings. The van der Waals surface area contributed by atoms with E-state index in [1.54, 1.807) is 0 Å². The normalized spacial score (nSPS) is 25.0. The van der Waals surface area contributed by atoms with E-state index in [1.807, 2.05) is 41.0 Å². The van der Waals surface area contributed by atoms with Crippen LogP contribution in [0.1, 0.15) is 54.4 Å². The van der Waals surface area contributed by atoms with Crippen molar-refractivity contribution in [1.82, 2.24) is 9.80 Å². The van der Waals surface area contributed by atoms with Crippen molar-refractivity contribution in [3.05, 3.63) is 35.4 Å². The van der Waals surface area contributed by atoms with E-state index < -0.39 is 0 Å². The smallest absolute Gasteiger partial charge is 0.254 e. The van der Waals surface area contributed by atoms with Gasteiger partial charge >= 0.3 is 0 Å². The molecule has 2 amide bonds. The van der Waals surface area contributed by atoms with E-state index in [9.17, 15) is 9.59 Å². The lowest BCUT2D eigenvalue weighted by Crippen LogP contribution is -2.62. The zero-order valence-corrected chi connectivity index (χ0v) is 16.3. The number of amides is 2. The molecule has 0 bridgehead atoms. The number of carbonyl (C=O) groups excluding carboxylic acids is 2. The maximum atomic E-state index is 13.6. The summed E-state index contributed by atoms with van der Waals surface area (Å²) >= 11 is 0. The highest BCUT2D eigenvalue weighted by Gasteiger charge is 2.51. The number of nitrogens with zero attached hydrogens (tertiary/aromatic N) is 2. The topological polar surface area (TPSA) is 49.9 Å². The van der Waals surface area contributed by atoms with Gasteiger partial charge < -0.3 is 14.5 Å². The summed E-state index contributed by atoms with van der Waals surface area (Å²) in [5.41, 5.74) is 1.63. The first-order chi connectivity index (χ1) is 13.1. The van der Waals surface area contributed by atoms with Crippen molar-refractivity contribution in [2.45, 2.75) is 51.5 Å². The lowest BCUT2D eigenvalue weighted by Gasteiger charge is -2.51. The predicted molar refractivity (Wildman–Crippen MR) is 104 cm³/mol. The second kappa shape index (κ2) is 7.63. The van der Waals surface area contributed by atoms with Gasteiger partial charge in [0.2, 0.25) is 5.91 Å². The van der Waals surface area contributed by atoms with Crippen LogP contribution in [0.5, 0.6) is 0 Å². The molecule has 146 valence electrons. The zero-order chi connectivity index (χ0) is 18.9. The Morgan fingerprint density at radius 3 is 2.48 bits per heavy atom. The number of piperidine rings is 1. The van der Waals surface area contributed by atoms with Crippen LogP contribution in [0.2, 0.25) is 0 Å². The standard InChI is InChI=1S/C22H30N2O3/c1-17-6-4-7-18(16-17)20(25)24-13-5-8-22(9-14-27-15-10-22)19(24)21(26)23-11-2-3-12-23/h4,6-7,16,19H,2-3,5,8-15H2,1H3. The van der Waals surface area contributed by atoms with Crippen LogP contribution < -0.4 is 0 Å². The monoisotopic (exact) mass is 370 g/mol. The number of rotatable bonds is 2. The molecule has 1 atom stereocenters. The summed E-state index contributed by atoms with van der Waals surface area (Å²) in [5.74, 6) is 0.164. The second-order valence-corrected chi connectivity index (χ2v) is 8.38. The van der Waals surface area contributed by atoms with Gasteiger partial charge in [0, 0.05) is 43.8 Å². The Bertz CT molecular complexity index is 700. The fraction of sp³-hybridized carbons (Fsp3) is 0.636. The number of carbonyl (C=O) groups is 2. The van der Waals surface area contributed by atoms with Crippen LogP contribution in [-0.4, -0.2) is 60.5 Å². The molecule has 3 saturated heterocycles. The van der Waals surface area contributed by atoms with Crippen LogP contribution in [0.25, 0.3) is 0 Å². The molecule has 1 spiro atoms. The second-order valence-electron chi connectivity index (χ2n) is 8.38. The van der Waals surface area contributed by atoms with Crippen LogP contribution >= 0.6 is 0 Å². The first-order valence-corrected chi connectivity index (χ1v) is 10.3. The molecule has 3 heterocycles. The van der Waals surface area contributed by atoms with Gasteiger partial charge in [-0.2, -0.15) is 0 Å². The lowest BCUT2D eigenvalue weighted by molar-refractivity contribution is -0.147. The number of aryl methyl sites for hydroxylation is 1. The molecule has 27 heavy (non-hydrogen) atoms. The summed E-state index contributed by atoms with van der Waals surface area (Å²) in [7, 11) is 0. The van der Waals surface area contributed by atoms with Gasteiger partial charge in [-0.25, -0.2) is 0 Å². The Kier molecular flexibility index (Phi) is 5.22. The van der Waals surface area contributed by atoms with Crippen LogP contribution in [0.15, 0.2) is 24.3 Å². The molecule has 3 aliphatic heterocycles. The zero-order valence-electron chi connectivity index (χ0n) is 16.3. The van der Waals surface area contributed by atoms with Crippen LogP contribution in [-0.2, 0) is 9.53 Å². The Hall–Kier alpha value is -1.88. The average molecular weight is 370 g/mol. The number of hydrogen-bond acceptors (Lipinski definition) is 3. The van der Waals surface area contributed by atoms with E-state index in [-0.39, 0.29) is 23.3 Å². The molecule has 0 N–H and O–H groups in total. The van der Waals surface area contributed by atoms with Gasteiger partial charge in [-0.15, -0.1) is 0 Å². The number of hydrogen-bond donors (Lipinski definition) is 0. The summed E-state index contributed by atoms with van der Waals surface area (Å²) in [6, 6.07) is 7.39. The van der Waals surface area contributed by atoms with Crippen LogP contribution in [0, 0.1) is 12.3 Å². The highest BCUT2D eigenvalue weighted by Crippen LogP contribution is 2.45. The molecule has 0 aliphatic carbocycles. The summed E-state index contributed by atoms with van der Waals surface area (Å²) in [6.07, 6.45) is 5.85. The van der Waals surface area contributed by atoms with E-state index in [0.29, 0.717) is 25.3 Å². The molecular formula is C22H30N2O3. The van der Waals surface area contributed by atoms with Crippen LogP contribution in [0.4, 0.5) is 0 Å². The minimum absolute atomic E-state index is 0.00168. The number of likely N-dealkylation sites (tertiary alicyclic amines) is 2. The molecule has 1 unspecified atom stereocenters. The van der Waals surface area contributed by atoms with Gasteiger partial charge in [0.05, 0.1) is 0 Å². The molecule has 1 aromatic carbocycles. The predicted octanol–water partition coefficient (Wildman–Crippen LogP) is 3.02. The highest BCUT2D eigenvalue weighted by molar-refractivity contribution is 5.98. The Morgan fingerprint density at radius 2 is 1.78 bits per heavy atom. The molecule has 1 aromatic rings. The fourth-order valence-electron chi connectivity index (χ4n) is 5.17. The molecular weight excluding hydrogens is 340 g/mol. The summed E-state index contributed by atoms with van der Waals surface area (Å²) in [6.45, 7) is 5.70. The summed E-state index contributed by atoms with van der Waals surface area (Å²) < 4.78 is 5.62. The lowest BCUT2D eigenvalue weighted by atomic mass is 9.67. The molecule has 0 radical (unpaired) electrons. The van der Waals surface area contributed by atoms with E-state index >= 15 is 0 Å². The first-order valence-electron chi connectivity index (χ1n) is 10.3. The molecule has 0 aromatic heterocycles. The van der Waals surface area contributed by atoms with E-state index in [0.717, 1.165) is 57.2 Å². The SMILES string of the molecule is Cc1cccc(C(=O)N2CCCC3(CCOCC3)C2C(=O)N2CCCC2)c1. The minimum atomic E-state index is -0.346. The summed E-state index contributed by atoms with van der Waals surface area (Å²) in [5, 5.41) is 0. The maximum absolute atomic E-state index is 13.6. The van der Waals surface area contributed by atoms with E-state index in [4.69, 9.17) is 4.74 Å². The van der Waals surface area contributed by atoms with Gasteiger partial charge in [0.15, 0.2) is 0 Å². The van der Waals surface area contributed by atoms with Crippen molar-refractivity contribution in [1.29, 1.82) is 0 Å². The minimum Gasteiger partial charge on any atom is -0.381 e. The molecule has 0 saturated carbocycles. The maximum Gasteiger partial charge on any atom is 0.254 e.